The largest absolute Gasteiger partial charge is 0.386 e. The lowest BCUT2D eigenvalue weighted by molar-refractivity contribution is 0.186. The number of piperazine rings is 1. The summed E-state index contributed by atoms with van der Waals surface area (Å²) in [4.78, 5) is 8.77. The van der Waals surface area contributed by atoms with Gasteiger partial charge >= 0.3 is 0 Å². The minimum Gasteiger partial charge on any atom is -0.386 e. The SMILES string of the molecule is Cc1cccc(C(O)CN=C(N)N2CCN(c3ccc(Cl)cc3)CC2)c1. The Hall–Kier alpha value is -2.24. The van der Waals surface area contributed by atoms with Gasteiger partial charge in [0.15, 0.2) is 5.96 Å². The number of aliphatic hydroxyl groups excluding tert-OH is 1. The zero-order valence-electron chi connectivity index (χ0n) is 15.0. The zero-order chi connectivity index (χ0) is 18.5. The fraction of sp³-hybridized carbons (Fsp3) is 0.350. The molecule has 1 aliphatic heterocycles. The van der Waals surface area contributed by atoms with Crippen molar-refractivity contribution in [3.8, 4) is 0 Å². The van der Waals surface area contributed by atoms with E-state index in [0.29, 0.717) is 5.96 Å². The second kappa shape index (κ2) is 8.43. The van der Waals surface area contributed by atoms with E-state index < -0.39 is 6.10 Å². The van der Waals surface area contributed by atoms with Gasteiger partial charge in [0.25, 0.3) is 0 Å². The minimum absolute atomic E-state index is 0.271. The Morgan fingerprint density at radius 2 is 1.85 bits per heavy atom. The monoisotopic (exact) mass is 372 g/mol. The molecular formula is C20H25ClN4O. The van der Waals surface area contributed by atoms with Crippen LogP contribution in [0.5, 0.6) is 0 Å². The molecule has 0 aromatic heterocycles. The van der Waals surface area contributed by atoms with Crippen molar-refractivity contribution < 1.29 is 5.11 Å². The van der Waals surface area contributed by atoms with E-state index in [1.807, 2.05) is 55.5 Å². The fourth-order valence-electron chi connectivity index (χ4n) is 3.11. The lowest BCUT2D eigenvalue weighted by atomic mass is 10.1. The average Bonchev–Trinajstić information content (AvgIpc) is 2.66. The summed E-state index contributed by atoms with van der Waals surface area (Å²) in [5.74, 6) is 0.493. The van der Waals surface area contributed by atoms with Gasteiger partial charge in [-0.25, -0.2) is 0 Å². The van der Waals surface area contributed by atoms with Crippen LogP contribution in [0.1, 0.15) is 17.2 Å². The highest BCUT2D eigenvalue weighted by Crippen LogP contribution is 2.19. The van der Waals surface area contributed by atoms with Gasteiger partial charge in [-0.15, -0.1) is 0 Å². The number of aryl methyl sites for hydroxylation is 1. The second-order valence-electron chi connectivity index (χ2n) is 6.58. The molecule has 1 saturated heterocycles. The summed E-state index contributed by atoms with van der Waals surface area (Å²) < 4.78 is 0. The van der Waals surface area contributed by atoms with Gasteiger partial charge in [0.05, 0.1) is 12.6 Å². The Balaban J connectivity index is 1.53. The average molecular weight is 373 g/mol. The maximum atomic E-state index is 10.3. The number of nitrogens with two attached hydrogens (primary N) is 1. The van der Waals surface area contributed by atoms with Crippen LogP contribution in [0.15, 0.2) is 53.5 Å². The van der Waals surface area contributed by atoms with E-state index in [-0.39, 0.29) is 6.54 Å². The number of aliphatic imine (C=N–C) groups is 1. The third kappa shape index (κ3) is 4.68. The predicted molar refractivity (Wildman–Crippen MR) is 108 cm³/mol. The normalized spacial score (nSPS) is 16.7. The summed E-state index contributed by atoms with van der Waals surface area (Å²) >= 11 is 5.95. The fourth-order valence-corrected chi connectivity index (χ4v) is 3.23. The van der Waals surface area contributed by atoms with E-state index in [1.54, 1.807) is 0 Å². The Labute approximate surface area is 159 Å². The highest BCUT2D eigenvalue weighted by Gasteiger charge is 2.19. The maximum absolute atomic E-state index is 10.3. The molecule has 1 unspecified atom stereocenters. The van der Waals surface area contributed by atoms with Gasteiger partial charge in [-0.1, -0.05) is 41.4 Å². The third-order valence-electron chi connectivity index (χ3n) is 4.65. The van der Waals surface area contributed by atoms with Gasteiger partial charge in [-0.3, -0.25) is 4.99 Å². The number of anilines is 1. The number of guanidine groups is 1. The number of nitrogens with zero attached hydrogens (tertiary/aromatic N) is 3. The molecule has 1 fully saturated rings. The van der Waals surface area contributed by atoms with Gasteiger partial charge in [-0.2, -0.15) is 0 Å². The molecule has 26 heavy (non-hydrogen) atoms. The molecule has 0 spiro atoms. The highest BCUT2D eigenvalue weighted by molar-refractivity contribution is 6.30. The molecule has 2 aromatic carbocycles. The van der Waals surface area contributed by atoms with E-state index in [4.69, 9.17) is 17.3 Å². The van der Waals surface area contributed by atoms with Gasteiger partial charge in [0.1, 0.15) is 0 Å². The van der Waals surface area contributed by atoms with E-state index in [1.165, 1.54) is 5.69 Å². The van der Waals surface area contributed by atoms with Crippen LogP contribution in [0.25, 0.3) is 0 Å². The molecule has 0 saturated carbocycles. The Bertz CT molecular complexity index is 755. The van der Waals surface area contributed by atoms with Gasteiger partial charge in [-0.05, 0) is 36.8 Å². The van der Waals surface area contributed by atoms with E-state index in [9.17, 15) is 5.11 Å². The van der Waals surface area contributed by atoms with Crippen LogP contribution in [0.4, 0.5) is 5.69 Å². The molecule has 138 valence electrons. The molecule has 1 aliphatic rings. The van der Waals surface area contributed by atoms with Crippen molar-refractivity contribution in [1.82, 2.24) is 4.90 Å². The molecule has 0 amide bonds. The van der Waals surface area contributed by atoms with E-state index in [0.717, 1.165) is 42.3 Å². The van der Waals surface area contributed by atoms with Crippen molar-refractivity contribution in [1.29, 1.82) is 0 Å². The maximum Gasteiger partial charge on any atom is 0.191 e. The van der Waals surface area contributed by atoms with Crippen LogP contribution in [0, 0.1) is 6.92 Å². The molecule has 6 heteroatoms. The van der Waals surface area contributed by atoms with E-state index in [2.05, 4.69) is 14.8 Å². The van der Waals surface area contributed by atoms with Crippen molar-refractivity contribution in [2.45, 2.75) is 13.0 Å². The Morgan fingerprint density at radius 1 is 1.15 bits per heavy atom. The molecule has 1 atom stereocenters. The van der Waals surface area contributed by atoms with Crippen molar-refractivity contribution >= 4 is 23.2 Å². The molecule has 0 radical (unpaired) electrons. The Morgan fingerprint density at radius 3 is 2.50 bits per heavy atom. The predicted octanol–water partition coefficient (Wildman–Crippen LogP) is 2.82. The first-order valence-corrected chi connectivity index (χ1v) is 9.21. The molecule has 3 N–H and O–H groups in total. The minimum atomic E-state index is -0.635. The number of hydrogen-bond donors (Lipinski definition) is 2. The third-order valence-corrected chi connectivity index (χ3v) is 4.90. The van der Waals surface area contributed by atoms with Crippen LogP contribution in [-0.2, 0) is 0 Å². The summed E-state index contributed by atoms with van der Waals surface area (Å²) in [6.07, 6.45) is -0.635. The smallest absolute Gasteiger partial charge is 0.191 e. The number of rotatable bonds is 4. The first-order valence-electron chi connectivity index (χ1n) is 8.83. The lowest BCUT2D eigenvalue weighted by Gasteiger charge is -2.36. The van der Waals surface area contributed by atoms with Crippen LogP contribution >= 0.6 is 11.6 Å². The second-order valence-corrected chi connectivity index (χ2v) is 7.02. The molecule has 0 aliphatic carbocycles. The quantitative estimate of drug-likeness (QED) is 0.639. The Kier molecular flexibility index (Phi) is 6.01. The lowest BCUT2D eigenvalue weighted by Crippen LogP contribution is -2.51. The molecular weight excluding hydrogens is 348 g/mol. The van der Waals surface area contributed by atoms with Gasteiger partial charge < -0.3 is 20.6 Å². The number of benzene rings is 2. The topological polar surface area (TPSA) is 65.1 Å². The van der Waals surface area contributed by atoms with Crippen molar-refractivity contribution in [2.24, 2.45) is 10.7 Å². The first-order chi connectivity index (χ1) is 12.5. The summed E-state index contributed by atoms with van der Waals surface area (Å²) in [6, 6.07) is 15.7. The first kappa shape index (κ1) is 18.5. The van der Waals surface area contributed by atoms with Crippen molar-refractivity contribution in [3.05, 3.63) is 64.7 Å². The van der Waals surface area contributed by atoms with Crippen LogP contribution in [-0.4, -0.2) is 48.7 Å². The van der Waals surface area contributed by atoms with Gasteiger partial charge in [0, 0.05) is 36.9 Å². The van der Waals surface area contributed by atoms with Crippen LogP contribution in [0.3, 0.4) is 0 Å². The molecule has 1 heterocycles. The van der Waals surface area contributed by atoms with Crippen LogP contribution in [0.2, 0.25) is 5.02 Å². The summed E-state index contributed by atoms with van der Waals surface area (Å²) in [5.41, 5.74) is 9.30. The summed E-state index contributed by atoms with van der Waals surface area (Å²) in [6.45, 7) is 5.63. The van der Waals surface area contributed by atoms with Crippen LogP contribution < -0.4 is 10.6 Å². The molecule has 2 aromatic rings. The van der Waals surface area contributed by atoms with Crippen molar-refractivity contribution in [3.63, 3.8) is 0 Å². The standard InChI is InChI=1S/C20H25ClN4O/c1-15-3-2-4-16(13-15)19(26)14-23-20(22)25-11-9-24(10-12-25)18-7-5-17(21)6-8-18/h2-8,13,19,26H,9-12,14H2,1H3,(H2,22,23). The number of aliphatic hydroxyl groups is 1. The van der Waals surface area contributed by atoms with Gasteiger partial charge in [0.2, 0.25) is 0 Å². The summed E-state index contributed by atoms with van der Waals surface area (Å²) in [5, 5.41) is 11.1. The molecule has 3 rings (SSSR count). The van der Waals surface area contributed by atoms with Crippen molar-refractivity contribution in [2.75, 3.05) is 37.6 Å². The molecule has 0 bridgehead atoms. The highest BCUT2D eigenvalue weighted by atomic mass is 35.5. The number of halogens is 1. The summed E-state index contributed by atoms with van der Waals surface area (Å²) in [7, 11) is 0. The number of hydrogen-bond acceptors (Lipinski definition) is 3. The zero-order valence-corrected chi connectivity index (χ0v) is 15.7. The van der Waals surface area contributed by atoms with E-state index >= 15 is 0 Å². The molecule has 5 nitrogen and oxygen atoms in total.